The molecule has 2 heterocycles. The molecule has 1 aromatic rings. The van der Waals surface area contributed by atoms with Crippen molar-refractivity contribution in [3.63, 3.8) is 0 Å². The van der Waals surface area contributed by atoms with Gasteiger partial charge in [-0.2, -0.15) is 0 Å². The van der Waals surface area contributed by atoms with Crippen molar-refractivity contribution in [1.29, 1.82) is 0 Å². The van der Waals surface area contributed by atoms with Crippen molar-refractivity contribution >= 4 is 16.0 Å². The van der Waals surface area contributed by atoms with Gasteiger partial charge in [-0.15, -0.1) is 0 Å². The van der Waals surface area contributed by atoms with Gasteiger partial charge >= 0.3 is 5.97 Å². The average molecular weight is 228 g/mol. The number of hydrogen-bond acceptors (Lipinski definition) is 5. The van der Waals surface area contributed by atoms with Crippen LogP contribution in [0.3, 0.4) is 0 Å². The lowest BCUT2D eigenvalue weighted by Gasteiger charge is -2.03. The second-order valence-corrected chi connectivity index (χ2v) is 4.70. The summed E-state index contributed by atoms with van der Waals surface area (Å²) in [4.78, 5) is 15.0. The number of sulfonamides is 1. The van der Waals surface area contributed by atoms with Gasteiger partial charge in [0.1, 0.15) is 12.2 Å². The number of fused-ring (bicyclic) bond motifs is 1. The summed E-state index contributed by atoms with van der Waals surface area (Å²) in [6, 6.07) is 1.61. The van der Waals surface area contributed by atoms with Crippen molar-refractivity contribution in [3.8, 4) is 0 Å². The van der Waals surface area contributed by atoms with E-state index in [0.717, 1.165) is 0 Å². The molecule has 0 bridgehead atoms. The van der Waals surface area contributed by atoms with E-state index >= 15 is 0 Å². The number of pyridine rings is 1. The Bertz CT molecular complexity index is 550. The molecular weight excluding hydrogens is 220 g/mol. The highest BCUT2D eigenvalue weighted by Gasteiger charge is 2.30. The first-order valence-corrected chi connectivity index (χ1v) is 5.64. The van der Waals surface area contributed by atoms with Crippen LogP contribution in [0.1, 0.15) is 21.6 Å². The molecule has 0 amide bonds. The maximum atomic E-state index is 11.3. The van der Waals surface area contributed by atoms with Crippen LogP contribution in [0, 0.1) is 6.92 Å². The number of esters is 1. The van der Waals surface area contributed by atoms with Crippen LogP contribution in [0.5, 0.6) is 0 Å². The number of aryl methyl sites for hydroxylation is 1. The summed E-state index contributed by atoms with van der Waals surface area (Å²) in [6.07, 6.45) is 0. The largest absolute Gasteiger partial charge is 0.457 e. The van der Waals surface area contributed by atoms with Crippen molar-refractivity contribution in [3.05, 3.63) is 22.9 Å². The van der Waals surface area contributed by atoms with Crippen LogP contribution >= 0.6 is 0 Å². The van der Waals surface area contributed by atoms with E-state index in [1.165, 1.54) is 0 Å². The normalized spacial score (nSPS) is 14.9. The highest BCUT2D eigenvalue weighted by atomic mass is 32.2. The minimum Gasteiger partial charge on any atom is -0.457 e. The molecule has 0 unspecified atom stereocenters. The molecule has 0 aliphatic carbocycles. The third-order valence-corrected chi connectivity index (χ3v) is 2.86. The highest BCUT2D eigenvalue weighted by Crippen LogP contribution is 2.25. The quantitative estimate of drug-likeness (QED) is 0.665. The number of nitrogens with two attached hydrogens (primary N) is 1. The van der Waals surface area contributed by atoms with Crippen LogP contribution in [0.2, 0.25) is 0 Å². The second-order valence-electron chi connectivity index (χ2n) is 3.22. The van der Waals surface area contributed by atoms with Gasteiger partial charge in [0.2, 0.25) is 0 Å². The predicted octanol–water partition coefficient (Wildman–Crippen LogP) is -0.292. The number of ether oxygens (including phenoxy) is 1. The summed E-state index contributed by atoms with van der Waals surface area (Å²) in [5.74, 6) is -0.693. The number of cyclic esters (lactones) is 1. The molecule has 0 saturated carbocycles. The topological polar surface area (TPSA) is 99.4 Å². The van der Waals surface area contributed by atoms with E-state index in [2.05, 4.69) is 4.98 Å². The average Bonchev–Trinajstić information content (AvgIpc) is 2.44. The van der Waals surface area contributed by atoms with E-state index in [1.54, 1.807) is 13.0 Å². The van der Waals surface area contributed by atoms with Crippen LogP contribution in [-0.4, -0.2) is 19.4 Å². The van der Waals surface area contributed by atoms with E-state index in [9.17, 15) is 13.2 Å². The summed E-state index contributed by atoms with van der Waals surface area (Å²) in [6.45, 7) is 1.69. The highest BCUT2D eigenvalue weighted by molar-refractivity contribution is 7.89. The standard InChI is InChI=1S/C8H8N2O4S/c1-4-2-5-3-14-8(11)6(5)7(10-4)15(9,12)13/h2H,3H2,1H3,(H2,9,12,13). The lowest BCUT2D eigenvalue weighted by molar-refractivity contribution is 0.0532. The summed E-state index contributed by atoms with van der Waals surface area (Å²) < 4.78 is 27.1. The van der Waals surface area contributed by atoms with Crippen molar-refractivity contribution in [2.45, 2.75) is 18.6 Å². The first-order valence-electron chi connectivity index (χ1n) is 4.10. The fraction of sp³-hybridized carbons (Fsp3) is 0.250. The minimum atomic E-state index is -4.00. The zero-order valence-electron chi connectivity index (χ0n) is 7.85. The SMILES string of the molecule is Cc1cc2c(c(S(N)(=O)=O)n1)C(=O)OC2. The van der Waals surface area contributed by atoms with Gasteiger partial charge in [-0.05, 0) is 13.0 Å². The van der Waals surface area contributed by atoms with Crippen molar-refractivity contribution in [2.24, 2.45) is 5.14 Å². The third kappa shape index (κ3) is 1.59. The van der Waals surface area contributed by atoms with Crippen molar-refractivity contribution < 1.29 is 17.9 Å². The van der Waals surface area contributed by atoms with Gasteiger partial charge in [-0.3, -0.25) is 0 Å². The number of carbonyl (C=O) groups excluding carboxylic acids is 1. The lowest BCUT2D eigenvalue weighted by Crippen LogP contribution is -2.18. The smallest absolute Gasteiger partial charge is 0.341 e. The van der Waals surface area contributed by atoms with Crippen LogP contribution in [-0.2, 0) is 21.4 Å². The molecule has 7 heteroatoms. The number of primary sulfonamides is 1. The molecule has 0 atom stereocenters. The molecule has 1 aliphatic heterocycles. The van der Waals surface area contributed by atoms with E-state index in [4.69, 9.17) is 9.88 Å². The van der Waals surface area contributed by atoms with Gasteiger partial charge < -0.3 is 4.74 Å². The first-order chi connectivity index (χ1) is 6.89. The van der Waals surface area contributed by atoms with Gasteiger partial charge in [0.25, 0.3) is 10.0 Å². The lowest BCUT2D eigenvalue weighted by atomic mass is 10.1. The Hall–Kier alpha value is -1.47. The Morgan fingerprint density at radius 3 is 2.80 bits per heavy atom. The molecule has 6 nitrogen and oxygen atoms in total. The fourth-order valence-corrected chi connectivity index (χ4v) is 2.23. The molecular formula is C8H8N2O4S. The number of hydrogen-bond donors (Lipinski definition) is 1. The number of aromatic nitrogens is 1. The summed E-state index contributed by atoms with van der Waals surface area (Å²) >= 11 is 0. The Morgan fingerprint density at radius 1 is 1.53 bits per heavy atom. The molecule has 1 aromatic heterocycles. The maximum absolute atomic E-state index is 11.3. The Balaban J connectivity index is 2.81. The van der Waals surface area contributed by atoms with Crippen LogP contribution in [0.4, 0.5) is 0 Å². The molecule has 15 heavy (non-hydrogen) atoms. The van der Waals surface area contributed by atoms with Gasteiger partial charge in [-0.1, -0.05) is 0 Å². The molecule has 2 rings (SSSR count). The van der Waals surface area contributed by atoms with Crippen LogP contribution in [0.15, 0.2) is 11.1 Å². The Morgan fingerprint density at radius 2 is 2.20 bits per heavy atom. The van der Waals surface area contributed by atoms with Gasteiger partial charge in [0.15, 0.2) is 5.03 Å². The van der Waals surface area contributed by atoms with Crippen LogP contribution < -0.4 is 5.14 Å². The fourth-order valence-electron chi connectivity index (χ4n) is 1.46. The molecule has 1 aliphatic rings. The van der Waals surface area contributed by atoms with Gasteiger partial charge in [0, 0.05) is 11.3 Å². The summed E-state index contributed by atoms with van der Waals surface area (Å²) in [7, 11) is -4.00. The Labute approximate surface area is 86.1 Å². The number of rotatable bonds is 1. The van der Waals surface area contributed by atoms with Gasteiger partial charge in [0.05, 0.1) is 0 Å². The first kappa shape index (κ1) is 10.1. The van der Waals surface area contributed by atoms with E-state index in [0.29, 0.717) is 11.3 Å². The minimum absolute atomic E-state index is 0.0388. The van der Waals surface area contributed by atoms with E-state index < -0.39 is 21.0 Å². The molecule has 0 saturated heterocycles. The summed E-state index contributed by atoms with van der Waals surface area (Å²) in [5.41, 5.74) is 0.954. The maximum Gasteiger partial charge on any atom is 0.341 e. The van der Waals surface area contributed by atoms with Gasteiger partial charge in [-0.25, -0.2) is 23.3 Å². The number of carbonyl (C=O) groups is 1. The Kier molecular flexibility index (Phi) is 2.02. The summed E-state index contributed by atoms with van der Waals surface area (Å²) in [5, 5.41) is 4.56. The monoisotopic (exact) mass is 228 g/mol. The van der Waals surface area contributed by atoms with E-state index in [-0.39, 0.29) is 12.2 Å². The van der Waals surface area contributed by atoms with E-state index in [1.807, 2.05) is 0 Å². The second kappa shape index (κ2) is 3.01. The molecule has 0 fully saturated rings. The van der Waals surface area contributed by atoms with Crippen LogP contribution in [0.25, 0.3) is 0 Å². The molecule has 0 radical (unpaired) electrons. The number of nitrogens with zero attached hydrogens (tertiary/aromatic N) is 1. The predicted molar refractivity (Wildman–Crippen MR) is 49.5 cm³/mol. The molecule has 2 N–H and O–H groups in total. The molecule has 0 spiro atoms. The third-order valence-electron chi connectivity index (χ3n) is 2.03. The van der Waals surface area contributed by atoms with Crippen molar-refractivity contribution in [2.75, 3.05) is 0 Å². The molecule has 80 valence electrons. The van der Waals surface area contributed by atoms with Crippen molar-refractivity contribution in [1.82, 2.24) is 4.98 Å². The molecule has 0 aromatic carbocycles. The zero-order valence-corrected chi connectivity index (χ0v) is 8.67. The zero-order chi connectivity index (χ0) is 11.2.